The van der Waals surface area contributed by atoms with Crippen molar-refractivity contribution in [2.24, 2.45) is 0 Å². The Morgan fingerprint density at radius 1 is 0.500 bits per heavy atom. The van der Waals surface area contributed by atoms with E-state index in [1.54, 1.807) is 0 Å². The van der Waals surface area contributed by atoms with E-state index in [-0.39, 0.29) is 0 Å². The molecule has 0 saturated heterocycles. The highest BCUT2D eigenvalue weighted by molar-refractivity contribution is 5.48. The van der Waals surface area contributed by atoms with Gasteiger partial charge in [0.2, 0.25) is 0 Å². The van der Waals surface area contributed by atoms with E-state index in [2.05, 4.69) is 53.7 Å². The fourth-order valence-electron chi connectivity index (χ4n) is 3.25. The molecule has 3 rings (SSSR count). The molecule has 0 aliphatic heterocycles. The average Bonchev–Trinajstić information content (AvgIpc) is 2.31. The van der Waals surface area contributed by atoms with E-state index < -0.39 is 0 Å². The van der Waals surface area contributed by atoms with Crippen LogP contribution in [0.15, 0.2) is 12.1 Å². The summed E-state index contributed by atoms with van der Waals surface area (Å²) in [4.78, 5) is 0. The predicted molar refractivity (Wildman–Crippen MR) is 76.7 cm³/mol. The summed E-state index contributed by atoms with van der Waals surface area (Å²) < 4.78 is 0. The van der Waals surface area contributed by atoms with E-state index in [4.69, 9.17) is 0 Å². The van der Waals surface area contributed by atoms with Gasteiger partial charge in [-0.25, -0.2) is 0 Å². The zero-order valence-corrected chi connectivity index (χ0v) is 12.2. The Bertz CT molecular complexity index is 868. The van der Waals surface area contributed by atoms with Gasteiger partial charge in [0.05, 0.1) is 0 Å². The lowest BCUT2D eigenvalue weighted by Crippen LogP contribution is -2.05. The lowest BCUT2D eigenvalue weighted by atomic mass is 9.86. The van der Waals surface area contributed by atoms with Gasteiger partial charge < -0.3 is 0 Å². The maximum atomic E-state index is 2.29. The highest BCUT2D eigenvalue weighted by Gasteiger charge is 2.14. The summed E-state index contributed by atoms with van der Waals surface area (Å²) in [6.07, 6.45) is 0. The largest absolute Gasteiger partial charge is 0.0584 e. The molecule has 0 saturated carbocycles. The summed E-state index contributed by atoms with van der Waals surface area (Å²) in [6, 6.07) is 4.54. The number of fused-ring (bicyclic) bond motifs is 2. The highest BCUT2D eigenvalue weighted by atomic mass is 14.2. The maximum Gasteiger partial charge on any atom is -0.00614 e. The predicted octanol–water partition coefficient (Wildman–Crippen LogP) is 4.42. The molecule has 0 unspecified atom stereocenters. The van der Waals surface area contributed by atoms with Gasteiger partial charge in [-0.1, -0.05) is 12.1 Å². The first kappa shape index (κ1) is 11.5. The van der Waals surface area contributed by atoms with Crippen LogP contribution in [0.3, 0.4) is 0 Å². The Balaban J connectivity index is 2.72. The minimum Gasteiger partial charge on any atom is -0.0584 e. The van der Waals surface area contributed by atoms with Crippen molar-refractivity contribution in [2.45, 2.75) is 41.5 Å². The Hall–Kier alpha value is -1.56. The summed E-state index contributed by atoms with van der Waals surface area (Å²) in [6.45, 7) is 13.5. The molecule has 0 aromatic heterocycles. The van der Waals surface area contributed by atoms with Crippen molar-refractivity contribution < 1.29 is 0 Å². The summed E-state index contributed by atoms with van der Waals surface area (Å²) in [7, 11) is 0. The van der Waals surface area contributed by atoms with Gasteiger partial charge in [0.1, 0.15) is 0 Å². The smallest absolute Gasteiger partial charge is 0.00614 e. The van der Waals surface area contributed by atoms with Crippen molar-refractivity contribution >= 4 is 0 Å². The molecular formula is C18H20. The van der Waals surface area contributed by atoms with Gasteiger partial charge in [0.25, 0.3) is 0 Å². The normalized spacial score (nSPS) is 11.9. The SMILES string of the molecule is Cc1ccc2c(c1C)=c1c(C)c(C)c(C)c(C)c1=2. The van der Waals surface area contributed by atoms with E-state index in [9.17, 15) is 0 Å². The second-order valence-corrected chi connectivity index (χ2v) is 5.68. The fraction of sp³-hybridized carbons (Fsp3) is 0.333. The van der Waals surface area contributed by atoms with E-state index in [1.165, 1.54) is 54.3 Å². The lowest BCUT2D eigenvalue weighted by Gasteiger charge is -2.18. The van der Waals surface area contributed by atoms with Crippen LogP contribution < -0.4 is 0 Å². The minimum absolute atomic E-state index is 1.40. The van der Waals surface area contributed by atoms with E-state index >= 15 is 0 Å². The van der Waals surface area contributed by atoms with Crippen LogP contribution in [0.5, 0.6) is 0 Å². The molecule has 0 bridgehead atoms. The van der Waals surface area contributed by atoms with Gasteiger partial charge in [0.15, 0.2) is 0 Å². The Morgan fingerprint density at radius 2 is 1.06 bits per heavy atom. The van der Waals surface area contributed by atoms with Gasteiger partial charge in [-0.05, 0) is 95.8 Å². The zero-order chi connectivity index (χ0) is 13.2. The molecule has 18 heavy (non-hydrogen) atoms. The fourth-order valence-corrected chi connectivity index (χ4v) is 3.25. The highest BCUT2D eigenvalue weighted by Crippen LogP contribution is 2.28. The first-order valence-corrected chi connectivity index (χ1v) is 6.66. The summed E-state index contributed by atoms with van der Waals surface area (Å²) in [5, 5.41) is 5.95. The second-order valence-electron chi connectivity index (χ2n) is 5.68. The van der Waals surface area contributed by atoms with Crippen LogP contribution in [0.2, 0.25) is 0 Å². The van der Waals surface area contributed by atoms with Crippen LogP contribution in [0.4, 0.5) is 0 Å². The summed E-state index contributed by atoms with van der Waals surface area (Å²) >= 11 is 0. The van der Waals surface area contributed by atoms with Gasteiger partial charge in [-0.15, -0.1) is 0 Å². The third-order valence-electron chi connectivity index (χ3n) is 4.94. The van der Waals surface area contributed by atoms with Crippen LogP contribution in [0, 0.1) is 62.4 Å². The van der Waals surface area contributed by atoms with Crippen molar-refractivity contribution in [3.63, 3.8) is 0 Å². The lowest BCUT2D eigenvalue weighted by molar-refractivity contribution is 1.09. The van der Waals surface area contributed by atoms with Crippen molar-refractivity contribution in [2.75, 3.05) is 0 Å². The number of aryl methyl sites for hydroxylation is 1. The molecule has 0 heterocycles. The van der Waals surface area contributed by atoms with Crippen molar-refractivity contribution in [1.29, 1.82) is 0 Å². The van der Waals surface area contributed by atoms with E-state index in [0.717, 1.165) is 0 Å². The maximum absolute atomic E-state index is 2.29. The van der Waals surface area contributed by atoms with E-state index in [1.807, 2.05) is 0 Å². The molecular weight excluding hydrogens is 216 g/mol. The summed E-state index contributed by atoms with van der Waals surface area (Å²) in [5.74, 6) is 0. The molecule has 1 aliphatic rings. The van der Waals surface area contributed by atoms with Crippen LogP contribution in [-0.2, 0) is 0 Å². The van der Waals surface area contributed by atoms with Gasteiger partial charge in [-0.3, -0.25) is 0 Å². The zero-order valence-electron chi connectivity index (χ0n) is 12.2. The van der Waals surface area contributed by atoms with Gasteiger partial charge >= 0.3 is 0 Å². The number of hydrogen-bond acceptors (Lipinski definition) is 0. The first-order chi connectivity index (χ1) is 8.45. The molecule has 0 amide bonds. The summed E-state index contributed by atoms with van der Waals surface area (Å²) in [5.41, 5.74) is 8.69. The van der Waals surface area contributed by atoms with Crippen molar-refractivity contribution in [3.05, 3.63) is 66.4 Å². The molecule has 0 N–H and O–H groups in total. The van der Waals surface area contributed by atoms with Gasteiger partial charge in [0, 0.05) is 0 Å². The van der Waals surface area contributed by atoms with Crippen LogP contribution in [0.1, 0.15) is 33.4 Å². The van der Waals surface area contributed by atoms with Crippen LogP contribution >= 0.6 is 0 Å². The molecule has 0 spiro atoms. The van der Waals surface area contributed by atoms with Gasteiger partial charge in [-0.2, -0.15) is 0 Å². The molecule has 2 aromatic carbocycles. The quantitative estimate of drug-likeness (QED) is 0.542. The molecule has 1 aliphatic carbocycles. The first-order valence-electron chi connectivity index (χ1n) is 6.66. The molecule has 2 aromatic rings. The third kappa shape index (κ3) is 1.16. The number of hydrogen-bond donors (Lipinski definition) is 0. The average molecular weight is 236 g/mol. The van der Waals surface area contributed by atoms with Crippen LogP contribution in [-0.4, -0.2) is 0 Å². The monoisotopic (exact) mass is 236 g/mol. The number of rotatable bonds is 0. The minimum atomic E-state index is 1.40. The molecule has 0 radical (unpaired) electrons. The Kier molecular flexibility index (Phi) is 2.22. The Morgan fingerprint density at radius 3 is 1.67 bits per heavy atom. The molecule has 0 atom stereocenters. The number of benzene rings is 2. The topological polar surface area (TPSA) is 0 Å². The standard InChI is InChI=1S/C18H20/c1-9-7-8-15-16(10(9)2)18-14(6)12(4)11(3)13(5)17(15)18/h7-8H,1-6H3. The van der Waals surface area contributed by atoms with Crippen molar-refractivity contribution in [1.82, 2.24) is 0 Å². The molecule has 0 heteroatoms. The molecule has 0 fully saturated rings. The second kappa shape index (κ2) is 3.47. The Labute approximate surface area is 108 Å². The van der Waals surface area contributed by atoms with Crippen molar-refractivity contribution in [3.8, 4) is 0 Å². The molecule has 92 valence electrons. The van der Waals surface area contributed by atoms with Crippen LogP contribution in [0.25, 0.3) is 0 Å². The van der Waals surface area contributed by atoms with E-state index in [0.29, 0.717) is 0 Å². The molecule has 0 nitrogen and oxygen atoms in total. The third-order valence-corrected chi connectivity index (χ3v) is 4.94.